The van der Waals surface area contributed by atoms with Crippen molar-refractivity contribution in [2.24, 2.45) is 0 Å². The molecule has 0 amide bonds. The minimum absolute atomic E-state index is 0.0348. The van der Waals surface area contributed by atoms with Gasteiger partial charge in [-0.2, -0.15) is 0 Å². The number of nitrogens with zero attached hydrogens (tertiary/aromatic N) is 3. The van der Waals surface area contributed by atoms with E-state index in [0.717, 1.165) is 13.0 Å². The Morgan fingerprint density at radius 3 is 2.89 bits per heavy atom. The predicted octanol–water partition coefficient (Wildman–Crippen LogP) is 2.06. The number of hydrogen-bond donors (Lipinski definition) is 2. The molecule has 2 aromatic rings. The Morgan fingerprint density at radius 1 is 1.42 bits per heavy atom. The highest BCUT2D eigenvalue weighted by molar-refractivity contribution is 5.86. The van der Waals surface area contributed by atoms with Crippen molar-refractivity contribution in [2.45, 2.75) is 13.3 Å². The first-order valence-electron chi connectivity index (χ1n) is 5.97. The first-order chi connectivity index (χ1) is 9.20. The normalized spacial score (nSPS) is 10.2. The third-order valence-corrected chi connectivity index (χ3v) is 2.42. The maximum absolute atomic E-state index is 11.1. The van der Waals surface area contributed by atoms with Crippen LogP contribution in [-0.2, 0) is 0 Å². The summed E-state index contributed by atoms with van der Waals surface area (Å²) in [6.45, 7) is 2.75. The molecule has 0 aliphatic rings. The van der Waals surface area contributed by atoms with Crippen LogP contribution in [0.15, 0.2) is 30.6 Å². The van der Waals surface area contributed by atoms with Gasteiger partial charge in [-0.1, -0.05) is 6.92 Å². The Morgan fingerprint density at radius 2 is 2.26 bits per heavy atom. The molecule has 0 radical (unpaired) electrons. The van der Waals surface area contributed by atoms with Crippen LogP contribution in [0.25, 0.3) is 11.4 Å². The number of hydrogen-bond acceptors (Lipinski definition) is 5. The summed E-state index contributed by atoms with van der Waals surface area (Å²) in [5, 5.41) is 12.1. The summed E-state index contributed by atoms with van der Waals surface area (Å²) in [5.41, 5.74) is 0.651. The van der Waals surface area contributed by atoms with E-state index in [2.05, 4.69) is 20.3 Å². The summed E-state index contributed by atoms with van der Waals surface area (Å²) < 4.78 is 0. The number of carboxylic acid groups (broad SMARTS) is 1. The van der Waals surface area contributed by atoms with Gasteiger partial charge in [-0.3, -0.25) is 4.98 Å². The summed E-state index contributed by atoms with van der Waals surface area (Å²) in [6, 6.07) is 4.97. The van der Waals surface area contributed by atoms with E-state index in [1.807, 2.05) is 6.92 Å². The van der Waals surface area contributed by atoms with Gasteiger partial charge in [0.2, 0.25) is 0 Å². The molecule has 0 spiro atoms. The molecule has 2 heterocycles. The van der Waals surface area contributed by atoms with Crippen molar-refractivity contribution >= 4 is 11.8 Å². The van der Waals surface area contributed by atoms with Crippen molar-refractivity contribution < 1.29 is 9.90 Å². The highest BCUT2D eigenvalue weighted by atomic mass is 16.4. The monoisotopic (exact) mass is 258 g/mol. The van der Waals surface area contributed by atoms with Crippen LogP contribution in [0.3, 0.4) is 0 Å². The van der Waals surface area contributed by atoms with E-state index in [9.17, 15) is 4.79 Å². The number of pyridine rings is 1. The number of anilines is 1. The predicted molar refractivity (Wildman–Crippen MR) is 71.0 cm³/mol. The van der Waals surface area contributed by atoms with Crippen molar-refractivity contribution in [2.75, 3.05) is 11.9 Å². The first-order valence-corrected chi connectivity index (χ1v) is 5.97. The summed E-state index contributed by atoms with van der Waals surface area (Å²) in [4.78, 5) is 23.4. The molecule has 98 valence electrons. The number of aromatic nitrogens is 3. The van der Waals surface area contributed by atoms with Gasteiger partial charge in [0.15, 0.2) is 11.5 Å². The molecule has 0 unspecified atom stereocenters. The van der Waals surface area contributed by atoms with Gasteiger partial charge in [0.1, 0.15) is 5.82 Å². The number of carboxylic acids is 1. The van der Waals surface area contributed by atoms with Crippen LogP contribution in [0.1, 0.15) is 23.8 Å². The largest absolute Gasteiger partial charge is 0.477 e. The molecule has 0 aliphatic carbocycles. The van der Waals surface area contributed by atoms with Gasteiger partial charge in [-0.25, -0.2) is 14.8 Å². The fraction of sp³-hybridized carbons (Fsp3) is 0.231. The Labute approximate surface area is 110 Å². The molecule has 0 fully saturated rings. The van der Waals surface area contributed by atoms with Gasteiger partial charge >= 0.3 is 5.97 Å². The third-order valence-electron chi connectivity index (χ3n) is 2.42. The van der Waals surface area contributed by atoms with Gasteiger partial charge in [0.05, 0.1) is 0 Å². The second kappa shape index (κ2) is 5.90. The molecule has 2 rings (SSSR count). The van der Waals surface area contributed by atoms with Crippen LogP contribution in [-0.4, -0.2) is 32.6 Å². The van der Waals surface area contributed by atoms with Crippen molar-refractivity contribution in [1.29, 1.82) is 0 Å². The van der Waals surface area contributed by atoms with Crippen LogP contribution in [0.5, 0.6) is 0 Å². The Kier molecular flexibility index (Phi) is 4.02. The smallest absolute Gasteiger partial charge is 0.354 e. The zero-order chi connectivity index (χ0) is 13.7. The van der Waals surface area contributed by atoms with E-state index < -0.39 is 5.97 Å². The van der Waals surface area contributed by atoms with Gasteiger partial charge in [-0.05, 0) is 18.6 Å². The third kappa shape index (κ3) is 3.25. The number of aromatic carboxylic acids is 1. The molecule has 0 aromatic carbocycles. The molecule has 6 heteroatoms. The van der Waals surface area contributed by atoms with Gasteiger partial charge in [0, 0.05) is 30.6 Å². The molecule has 6 nitrogen and oxygen atoms in total. The van der Waals surface area contributed by atoms with Gasteiger partial charge in [-0.15, -0.1) is 0 Å². The second-order valence-electron chi connectivity index (χ2n) is 3.94. The molecule has 0 aliphatic heterocycles. The lowest BCUT2D eigenvalue weighted by molar-refractivity contribution is 0.0690. The van der Waals surface area contributed by atoms with E-state index in [0.29, 0.717) is 17.2 Å². The van der Waals surface area contributed by atoms with Crippen LogP contribution in [0, 0.1) is 0 Å². The molecule has 0 atom stereocenters. The Balaban J connectivity index is 2.42. The summed E-state index contributed by atoms with van der Waals surface area (Å²) in [5.74, 6) is -0.216. The molecule has 0 saturated heterocycles. The van der Waals surface area contributed by atoms with Gasteiger partial charge < -0.3 is 10.4 Å². The molecule has 0 saturated carbocycles. The minimum Gasteiger partial charge on any atom is -0.477 e. The molecular formula is C13H14N4O2. The zero-order valence-electron chi connectivity index (χ0n) is 10.5. The van der Waals surface area contributed by atoms with Crippen molar-refractivity contribution in [3.63, 3.8) is 0 Å². The van der Waals surface area contributed by atoms with E-state index in [1.165, 1.54) is 6.07 Å². The highest BCUT2D eigenvalue weighted by Crippen LogP contribution is 2.17. The maximum Gasteiger partial charge on any atom is 0.354 e. The van der Waals surface area contributed by atoms with Crippen molar-refractivity contribution in [3.8, 4) is 11.4 Å². The molecule has 2 aromatic heterocycles. The molecular weight excluding hydrogens is 244 g/mol. The highest BCUT2D eigenvalue weighted by Gasteiger charge is 2.11. The zero-order valence-corrected chi connectivity index (χ0v) is 10.5. The lowest BCUT2D eigenvalue weighted by atomic mass is 10.2. The Hall–Kier alpha value is -2.50. The summed E-state index contributed by atoms with van der Waals surface area (Å²) in [6.07, 6.45) is 4.17. The van der Waals surface area contributed by atoms with Crippen molar-refractivity contribution in [1.82, 2.24) is 15.0 Å². The maximum atomic E-state index is 11.1. The Bertz CT molecular complexity index is 572. The molecule has 2 N–H and O–H groups in total. The molecule has 0 bridgehead atoms. The first kappa shape index (κ1) is 12.9. The molecule has 19 heavy (non-hydrogen) atoms. The summed E-state index contributed by atoms with van der Waals surface area (Å²) >= 11 is 0. The van der Waals surface area contributed by atoms with Crippen LogP contribution in [0.4, 0.5) is 5.82 Å². The van der Waals surface area contributed by atoms with Crippen LogP contribution < -0.4 is 5.32 Å². The topological polar surface area (TPSA) is 88.0 Å². The fourth-order valence-corrected chi connectivity index (χ4v) is 1.52. The number of rotatable bonds is 5. The average molecular weight is 258 g/mol. The minimum atomic E-state index is -1.08. The lowest BCUT2D eigenvalue weighted by Crippen LogP contribution is -2.08. The van der Waals surface area contributed by atoms with E-state index in [1.54, 1.807) is 24.5 Å². The van der Waals surface area contributed by atoms with E-state index in [4.69, 9.17) is 5.11 Å². The van der Waals surface area contributed by atoms with Gasteiger partial charge in [0.25, 0.3) is 0 Å². The van der Waals surface area contributed by atoms with Crippen LogP contribution in [0.2, 0.25) is 0 Å². The fourth-order valence-electron chi connectivity index (χ4n) is 1.52. The quantitative estimate of drug-likeness (QED) is 0.853. The standard InChI is InChI=1S/C13H14N4O2/c1-2-5-15-11-7-10(13(18)19)16-12(17-11)9-4-3-6-14-8-9/h3-4,6-8H,2,5H2,1H3,(H,18,19)(H,15,16,17). The SMILES string of the molecule is CCCNc1cc(C(=O)O)nc(-c2cccnc2)n1. The van der Waals surface area contributed by atoms with Crippen LogP contribution >= 0.6 is 0 Å². The average Bonchev–Trinajstić information content (AvgIpc) is 2.45. The summed E-state index contributed by atoms with van der Waals surface area (Å²) in [7, 11) is 0. The van der Waals surface area contributed by atoms with E-state index in [-0.39, 0.29) is 5.69 Å². The van der Waals surface area contributed by atoms with E-state index >= 15 is 0 Å². The van der Waals surface area contributed by atoms with Crippen molar-refractivity contribution in [3.05, 3.63) is 36.3 Å². The number of nitrogens with one attached hydrogen (secondary N) is 1. The number of carbonyl (C=O) groups is 1. The second-order valence-corrected chi connectivity index (χ2v) is 3.94. The lowest BCUT2D eigenvalue weighted by Gasteiger charge is -2.07.